The summed E-state index contributed by atoms with van der Waals surface area (Å²) < 4.78 is 10.5. The minimum Gasteiger partial charge on any atom is -0.497 e. The van der Waals surface area contributed by atoms with Gasteiger partial charge in [0.2, 0.25) is 0 Å². The van der Waals surface area contributed by atoms with E-state index in [0.29, 0.717) is 18.0 Å². The number of methoxy groups -OCH3 is 2. The summed E-state index contributed by atoms with van der Waals surface area (Å²) in [5, 5.41) is 10.5. The van der Waals surface area contributed by atoms with Gasteiger partial charge in [-0.3, -0.25) is 0 Å². The van der Waals surface area contributed by atoms with Gasteiger partial charge in [-0.1, -0.05) is 0 Å². The molecule has 1 unspecified atom stereocenters. The average Bonchev–Trinajstić information content (AvgIpc) is 2.26. The third-order valence-corrected chi connectivity index (χ3v) is 2.61. The second kappa shape index (κ2) is 5.38. The fourth-order valence-corrected chi connectivity index (χ4v) is 1.94. The van der Waals surface area contributed by atoms with Crippen molar-refractivity contribution in [3.63, 3.8) is 0 Å². The Morgan fingerprint density at radius 1 is 1.24 bits per heavy atom. The van der Waals surface area contributed by atoms with Gasteiger partial charge in [-0.05, 0) is 39.2 Å². The van der Waals surface area contributed by atoms with Crippen molar-refractivity contribution in [1.82, 2.24) is 4.90 Å². The maximum atomic E-state index is 10.5. The zero-order valence-electron chi connectivity index (χ0n) is 11.2. The van der Waals surface area contributed by atoms with Crippen molar-refractivity contribution in [3.05, 3.63) is 23.8 Å². The number of aliphatic hydroxyl groups is 1. The lowest BCUT2D eigenvalue weighted by Crippen LogP contribution is -2.35. The van der Waals surface area contributed by atoms with Crippen LogP contribution in [0.5, 0.6) is 11.5 Å². The third kappa shape index (κ3) is 3.35. The topological polar surface area (TPSA) is 41.9 Å². The summed E-state index contributed by atoms with van der Waals surface area (Å²) in [4.78, 5) is 1.93. The number of rotatable bonds is 5. The van der Waals surface area contributed by atoms with Gasteiger partial charge < -0.3 is 19.5 Å². The van der Waals surface area contributed by atoms with Crippen LogP contribution < -0.4 is 9.47 Å². The molecule has 96 valence electrons. The molecule has 0 bridgehead atoms. The van der Waals surface area contributed by atoms with Crippen LogP contribution in [0.15, 0.2) is 18.2 Å². The lowest BCUT2D eigenvalue weighted by atomic mass is 9.94. The summed E-state index contributed by atoms with van der Waals surface area (Å²) in [5.41, 5.74) is -0.253. The lowest BCUT2D eigenvalue weighted by Gasteiger charge is -2.29. The second-order valence-corrected chi connectivity index (χ2v) is 4.58. The number of ether oxygens (including phenoxy) is 2. The van der Waals surface area contributed by atoms with Crippen LogP contribution in [0.25, 0.3) is 0 Å². The summed E-state index contributed by atoms with van der Waals surface area (Å²) in [7, 11) is 7.03. The molecular formula is C13H21NO3. The number of likely N-dealkylation sites (N-methyl/N-ethyl adjacent to an activating group) is 1. The first-order valence-corrected chi connectivity index (χ1v) is 5.50. The minimum absolute atomic E-state index is 0.510. The molecule has 1 N–H and O–H groups in total. The molecule has 4 nitrogen and oxygen atoms in total. The van der Waals surface area contributed by atoms with E-state index >= 15 is 0 Å². The first-order chi connectivity index (χ1) is 7.90. The highest BCUT2D eigenvalue weighted by molar-refractivity contribution is 5.43. The summed E-state index contributed by atoms with van der Waals surface area (Å²) in [6.07, 6.45) is 0. The number of hydrogen-bond donors (Lipinski definition) is 1. The molecule has 0 saturated carbocycles. The quantitative estimate of drug-likeness (QED) is 0.845. The van der Waals surface area contributed by atoms with Crippen molar-refractivity contribution in [2.75, 3.05) is 34.9 Å². The van der Waals surface area contributed by atoms with Gasteiger partial charge in [0.15, 0.2) is 0 Å². The van der Waals surface area contributed by atoms with Crippen LogP contribution in [0.3, 0.4) is 0 Å². The molecule has 0 spiro atoms. The Balaban J connectivity index is 3.16. The number of hydrogen-bond acceptors (Lipinski definition) is 4. The molecule has 17 heavy (non-hydrogen) atoms. The standard InChI is InChI=1S/C13H21NO3/c1-13(15,9-14(2)3)11-8-10(16-4)6-7-12(11)17-5/h6-8,15H,9H2,1-5H3. The molecular weight excluding hydrogens is 218 g/mol. The number of benzene rings is 1. The highest BCUT2D eigenvalue weighted by atomic mass is 16.5. The molecule has 0 aromatic heterocycles. The van der Waals surface area contributed by atoms with Crippen LogP contribution in [0.2, 0.25) is 0 Å². The highest BCUT2D eigenvalue weighted by Crippen LogP contribution is 2.33. The molecule has 1 aromatic rings. The predicted octanol–water partition coefficient (Wildman–Crippen LogP) is 1.47. The first kappa shape index (κ1) is 13.8. The maximum Gasteiger partial charge on any atom is 0.125 e. The van der Waals surface area contributed by atoms with E-state index < -0.39 is 5.60 Å². The van der Waals surface area contributed by atoms with Gasteiger partial charge in [-0.15, -0.1) is 0 Å². The van der Waals surface area contributed by atoms with Crippen molar-refractivity contribution in [2.24, 2.45) is 0 Å². The summed E-state index contributed by atoms with van der Waals surface area (Å²) in [6.45, 7) is 2.28. The SMILES string of the molecule is COc1ccc(OC)c(C(C)(O)CN(C)C)c1. The van der Waals surface area contributed by atoms with Crippen molar-refractivity contribution in [1.29, 1.82) is 0 Å². The van der Waals surface area contributed by atoms with Crippen LogP contribution in [0.1, 0.15) is 12.5 Å². The second-order valence-electron chi connectivity index (χ2n) is 4.58. The average molecular weight is 239 g/mol. The summed E-state index contributed by atoms with van der Waals surface area (Å²) >= 11 is 0. The van der Waals surface area contributed by atoms with Crippen LogP contribution in [0, 0.1) is 0 Å². The molecule has 0 saturated heterocycles. The number of nitrogens with zero attached hydrogens (tertiary/aromatic N) is 1. The van der Waals surface area contributed by atoms with Crippen molar-refractivity contribution < 1.29 is 14.6 Å². The van der Waals surface area contributed by atoms with Crippen LogP contribution in [-0.2, 0) is 5.60 Å². The van der Waals surface area contributed by atoms with Crippen LogP contribution in [0.4, 0.5) is 0 Å². The van der Waals surface area contributed by atoms with E-state index in [-0.39, 0.29) is 0 Å². The van der Waals surface area contributed by atoms with E-state index in [1.54, 1.807) is 27.2 Å². The Hall–Kier alpha value is -1.26. The molecule has 0 aliphatic rings. The van der Waals surface area contributed by atoms with Crippen molar-refractivity contribution >= 4 is 0 Å². The fourth-order valence-electron chi connectivity index (χ4n) is 1.94. The van der Waals surface area contributed by atoms with E-state index in [4.69, 9.17) is 9.47 Å². The third-order valence-electron chi connectivity index (χ3n) is 2.61. The predicted molar refractivity (Wildman–Crippen MR) is 67.7 cm³/mol. The van der Waals surface area contributed by atoms with Crippen LogP contribution in [-0.4, -0.2) is 44.9 Å². The van der Waals surface area contributed by atoms with Gasteiger partial charge in [0.1, 0.15) is 17.1 Å². The van der Waals surface area contributed by atoms with Crippen LogP contribution >= 0.6 is 0 Å². The van der Waals surface area contributed by atoms with Gasteiger partial charge >= 0.3 is 0 Å². The normalized spacial score (nSPS) is 14.5. The van der Waals surface area contributed by atoms with E-state index in [1.165, 1.54) is 0 Å². The highest BCUT2D eigenvalue weighted by Gasteiger charge is 2.28. The molecule has 0 aliphatic heterocycles. The van der Waals surface area contributed by atoms with Gasteiger partial charge in [0.05, 0.1) is 14.2 Å². The van der Waals surface area contributed by atoms with Gasteiger partial charge in [-0.25, -0.2) is 0 Å². The maximum absolute atomic E-state index is 10.5. The molecule has 1 rings (SSSR count). The zero-order chi connectivity index (χ0) is 13.1. The molecule has 0 fully saturated rings. The Morgan fingerprint density at radius 2 is 1.88 bits per heavy atom. The molecule has 0 radical (unpaired) electrons. The first-order valence-electron chi connectivity index (χ1n) is 5.50. The van der Waals surface area contributed by atoms with Gasteiger partial charge in [-0.2, -0.15) is 0 Å². The monoisotopic (exact) mass is 239 g/mol. The van der Waals surface area contributed by atoms with Gasteiger partial charge in [0, 0.05) is 12.1 Å². The Labute approximate surface area is 103 Å². The van der Waals surface area contributed by atoms with E-state index in [9.17, 15) is 5.11 Å². The molecule has 0 amide bonds. The molecule has 4 heteroatoms. The Kier molecular flexibility index (Phi) is 4.37. The Bertz CT molecular complexity index is 375. The fraction of sp³-hybridized carbons (Fsp3) is 0.538. The van der Waals surface area contributed by atoms with E-state index in [1.807, 2.05) is 31.1 Å². The molecule has 0 aliphatic carbocycles. The molecule has 1 atom stereocenters. The zero-order valence-corrected chi connectivity index (χ0v) is 11.2. The lowest BCUT2D eigenvalue weighted by molar-refractivity contribution is 0.0277. The Morgan fingerprint density at radius 3 is 2.35 bits per heavy atom. The van der Waals surface area contributed by atoms with Gasteiger partial charge in [0.25, 0.3) is 0 Å². The molecule has 1 aromatic carbocycles. The van der Waals surface area contributed by atoms with Crippen molar-refractivity contribution in [3.8, 4) is 11.5 Å². The summed E-state index contributed by atoms with van der Waals surface area (Å²) in [6, 6.07) is 5.43. The smallest absolute Gasteiger partial charge is 0.125 e. The molecule has 0 heterocycles. The van der Waals surface area contributed by atoms with Crippen molar-refractivity contribution in [2.45, 2.75) is 12.5 Å². The largest absolute Gasteiger partial charge is 0.497 e. The van der Waals surface area contributed by atoms with E-state index in [2.05, 4.69) is 0 Å². The van der Waals surface area contributed by atoms with E-state index in [0.717, 1.165) is 5.56 Å². The summed E-state index contributed by atoms with van der Waals surface area (Å²) in [5.74, 6) is 1.37. The minimum atomic E-state index is -0.983.